The van der Waals surface area contributed by atoms with Crippen molar-refractivity contribution < 1.29 is 18.6 Å². The smallest absolute Gasteiger partial charge is 0.218 e. The number of benzene rings is 1. The van der Waals surface area contributed by atoms with E-state index in [1.54, 1.807) is 11.0 Å². The number of hydrogen-bond acceptors (Lipinski definition) is 5. The van der Waals surface area contributed by atoms with Crippen LogP contribution in [0.4, 0.5) is 14.6 Å². The lowest BCUT2D eigenvalue weighted by Gasteiger charge is -2.26. The Morgan fingerprint density at radius 1 is 1.30 bits per heavy atom. The molecule has 0 radical (unpaired) electrons. The van der Waals surface area contributed by atoms with Gasteiger partial charge in [0.05, 0.1) is 18.8 Å². The molecular formula is C16H17F2N3O2. The normalized spacial score (nSPS) is 20.8. The first-order chi connectivity index (χ1) is 11.1. The number of aliphatic hydroxyl groups is 1. The number of aliphatic hydroxyl groups excluding tert-OH is 1. The number of β-amino-alcohol motifs (C(OH)–C–C–N with tert-alkyl or cyclic N) is 1. The van der Waals surface area contributed by atoms with Gasteiger partial charge in [0, 0.05) is 18.2 Å². The molecule has 0 spiro atoms. The summed E-state index contributed by atoms with van der Waals surface area (Å²) in [7, 11) is 0. The van der Waals surface area contributed by atoms with Crippen LogP contribution in [-0.4, -0.2) is 34.3 Å². The Bertz CT molecular complexity index is 699. The van der Waals surface area contributed by atoms with Crippen molar-refractivity contribution >= 4 is 5.82 Å². The van der Waals surface area contributed by atoms with E-state index in [0.29, 0.717) is 24.7 Å². The van der Waals surface area contributed by atoms with Gasteiger partial charge in [0.15, 0.2) is 0 Å². The van der Waals surface area contributed by atoms with E-state index in [1.165, 1.54) is 6.33 Å². The zero-order valence-electron chi connectivity index (χ0n) is 12.6. The molecule has 0 amide bonds. The van der Waals surface area contributed by atoms with Crippen LogP contribution in [0.3, 0.4) is 0 Å². The second-order valence-corrected chi connectivity index (χ2v) is 5.37. The topological polar surface area (TPSA) is 58.5 Å². The number of halogens is 2. The predicted molar refractivity (Wildman–Crippen MR) is 80.3 cm³/mol. The van der Waals surface area contributed by atoms with E-state index in [1.807, 2.05) is 6.92 Å². The Balaban J connectivity index is 1.96. The minimum Gasteiger partial charge on any atom is -0.478 e. The first-order valence-electron chi connectivity index (χ1n) is 7.43. The van der Waals surface area contributed by atoms with E-state index in [-0.39, 0.29) is 12.1 Å². The van der Waals surface area contributed by atoms with Crippen LogP contribution < -0.4 is 9.64 Å². The molecule has 1 aliphatic rings. The minimum atomic E-state index is -0.645. The van der Waals surface area contributed by atoms with Crippen LogP contribution in [0.25, 0.3) is 0 Å². The van der Waals surface area contributed by atoms with E-state index in [0.717, 1.165) is 18.2 Å². The van der Waals surface area contributed by atoms with Crippen molar-refractivity contribution in [2.24, 2.45) is 0 Å². The maximum Gasteiger partial charge on any atom is 0.218 e. The largest absolute Gasteiger partial charge is 0.478 e. The van der Waals surface area contributed by atoms with Crippen LogP contribution in [-0.2, 0) is 0 Å². The average molecular weight is 321 g/mol. The third-order valence-electron chi connectivity index (χ3n) is 3.81. The number of ether oxygens (including phenoxy) is 1. The number of aromatic nitrogens is 2. The fraction of sp³-hybridized carbons (Fsp3) is 0.375. The van der Waals surface area contributed by atoms with E-state index in [4.69, 9.17) is 4.74 Å². The fourth-order valence-corrected chi connectivity index (χ4v) is 2.85. The molecule has 1 fully saturated rings. The quantitative estimate of drug-likeness (QED) is 0.937. The van der Waals surface area contributed by atoms with E-state index >= 15 is 0 Å². The van der Waals surface area contributed by atoms with Gasteiger partial charge >= 0.3 is 0 Å². The Labute approximate surface area is 132 Å². The molecule has 0 unspecified atom stereocenters. The van der Waals surface area contributed by atoms with Crippen LogP contribution in [0.15, 0.2) is 30.6 Å². The standard InChI is InChI=1S/C16H17F2N3O2/c1-2-23-16-7-15(19-9-20-16)21-8-11(22)6-14(21)12-5-10(17)3-4-13(12)18/h3-5,7,9,11,14,22H,2,6,8H2,1H3/t11-,14+/m0/s1. The van der Waals surface area contributed by atoms with Gasteiger partial charge in [-0.1, -0.05) is 0 Å². The molecule has 1 saturated heterocycles. The van der Waals surface area contributed by atoms with Gasteiger partial charge in [-0.2, -0.15) is 0 Å². The highest BCUT2D eigenvalue weighted by Crippen LogP contribution is 2.37. The minimum absolute atomic E-state index is 0.207. The molecule has 0 saturated carbocycles. The number of hydrogen-bond donors (Lipinski definition) is 1. The van der Waals surface area contributed by atoms with Gasteiger partial charge in [-0.25, -0.2) is 18.7 Å². The molecule has 3 rings (SSSR count). The van der Waals surface area contributed by atoms with Gasteiger partial charge in [0.25, 0.3) is 0 Å². The lowest BCUT2D eigenvalue weighted by atomic mass is 10.0. The van der Waals surface area contributed by atoms with Gasteiger partial charge in [0.2, 0.25) is 5.88 Å². The lowest BCUT2D eigenvalue weighted by Crippen LogP contribution is -2.26. The first kappa shape index (κ1) is 15.6. The highest BCUT2D eigenvalue weighted by Gasteiger charge is 2.35. The van der Waals surface area contributed by atoms with Crippen molar-refractivity contribution in [3.05, 3.63) is 47.8 Å². The summed E-state index contributed by atoms with van der Waals surface area (Å²) >= 11 is 0. The molecular weight excluding hydrogens is 304 g/mol. The van der Waals surface area contributed by atoms with Crippen molar-refractivity contribution in [2.75, 3.05) is 18.1 Å². The van der Waals surface area contributed by atoms with Crippen molar-refractivity contribution in [2.45, 2.75) is 25.5 Å². The Hall–Kier alpha value is -2.28. The number of nitrogens with zero attached hydrogens (tertiary/aromatic N) is 3. The molecule has 2 atom stereocenters. The van der Waals surface area contributed by atoms with Crippen molar-refractivity contribution in [3.8, 4) is 5.88 Å². The van der Waals surface area contributed by atoms with Crippen molar-refractivity contribution in [3.63, 3.8) is 0 Å². The van der Waals surface area contributed by atoms with Crippen LogP contribution in [0.1, 0.15) is 24.9 Å². The van der Waals surface area contributed by atoms with Crippen molar-refractivity contribution in [1.82, 2.24) is 9.97 Å². The molecule has 23 heavy (non-hydrogen) atoms. The molecule has 1 aromatic heterocycles. The van der Waals surface area contributed by atoms with Crippen LogP contribution >= 0.6 is 0 Å². The third kappa shape index (κ3) is 3.24. The van der Waals surface area contributed by atoms with Crippen LogP contribution in [0.2, 0.25) is 0 Å². The van der Waals surface area contributed by atoms with Gasteiger partial charge in [0.1, 0.15) is 23.8 Å². The monoisotopic (exact) mass is 321 g/mol. The Kier molecular flexibility index (Phi) is 4.38. The van der Waals surface area contributed by atoms with Gasteiger partial charge < -0.3 is 14.7 Å². The molecule has 7 heteroatoms. The van der Waals surface area contributed by atoms with E-state index < -0.39 is 23.8 Å². The SMILES string of the molecule is CCOc1cc(N2C[C@@H](O)C[C@@H]2c2cc(F)ccc2F)ncn1. The van der Waals surface area contributed by atoms with Gasteiger partial charge in [-0.3, -0.25) is 0 Å². The second kappa shape index (κ2) is 6.45. The Morgan fingerprint density at radius 3 is 2.91 bits per heavy atom. The third-order valence-corrected chi connectivity index (χ3v) is 3.81. The lowest BCUT2D eigenvalue weighted by molar-refractivity contribution is 0.194. The zero-order valence-corrected chi connectivity index (χ0v) is 12.6. The maximum absolute atomic E-state index is 14.1. The van der Waals surface area contributed by atoms with Crippen molar-refractivity contribution in [1.29, 1.82) is 0 Å². The molecule has 122 valence electrons. The molecule has 1 aromatic carbocycles. The summed E-state index contributed by atoms with van der Waals surface area (Å²) in [5.41, 5.74) is 0.207. The molecule has 1 N–H and O–H groups in total. The molecule has 0 bridgehead atoms. The number of rotatable bonds is 4. The van der Waals surface area contributed by atoms with E-state index in [2.05, 4.69) is 9.97 Å². The predicted octanol–water partition coefficient (Wildman–Crippen LogP) is 2.47. The summed E-state index contributed by atoms with van der Waals surface area (Å²) in [5, 5.41) is 9.99. The summed E-state index contributed by atoms with van der Waals surface area (Å²) in [6.07, 6.45) is 1.01. The summed E-state index contributed by atoms with van der Waals surface area (Å²) in [4.78, 5) is 9.91. The highest BCUT2D eigenvalue weighted by atomic mass is 19.1. The summed E-state index contributed by atoms with van der Waals surface area (Å²) in [6, 6.07) is 4.47. The summed E-state index contributed by atoms with van der Waals surface area (Å²) in [6.45, 7) is 2.58. The number of anilines is 1. The molecule has 2 heterocycles. The molecule has 5 nitrogen and oxygen atoms in total. The molecule has 1 aliphatic heterocycles. The van der Waals surface area contributed by atoms with E-state index in [9.17, 15) is 13.9 Å². The fourth-order valence-electron chi connectivity index (χ4n) is 2.85. The van der Waals surface area contributed by atoms with Gasteiger partial charge in [-0.05, 0) is 31.5 Å². The maximum atomic E-state index is 14.1. The van der Waals surface area contributed by atoms with Crippen LogP contribution in [0.5, 0.6) is 5.88 Å². The second-order valence-electron chi connectivity index (χ2n) is 5.37. The highest BCUT2D eigenvalue weighted by molar-refractivity contribution is 5.46. The summed E-state index contributed by atoms with van der Waals surface area (Å²) in [5.74, 6) is -0.110. The zero-order chi connectivity index (χ0) is 16.4. The Morgan fingerprint density at radius 2 is 2.13 bits per heavy atom. The first-order valence-corrected chi connectivity index (χ1v) is 7.43. The van der Waals surface area contributed by atoms with Gasteiger partial charge in [-0.15, -0.1) is 0 Å². The average Bonchev–Trinajstić information content (AvgIpc) is 2.92. The summed E-state index contributed by atoms with van der Waals surface area (Å²) < 4.78 is 32.9. The molecule has 0 aliphatic carbocycles. The molecule has 2 aromatic rings. The van der Waals surface area contributed by atoms with Crippen LogP contribution in [0, 0.1) is 11.6 Å².